The summed E-state index contributed by atoms with van der Waals surface area (Å²) in [5.41, 5.74) is 2.00. The van der Waals surface area contributed by atoms with Crippen molar-refractivity contribution < 1.29 is 17.9 Å². The first-order valence-corrected chi connectivity index (χ1v) is 6.83. The number of halogens is 4. The highest BCUT2D eigenvalue weighted by Gasteiger charge is 2.32. The molecule has 2 aromatic rings. The summed E-state index contributed by atoms with van der Waals surface area (Å²) in [5.74, 6) is -0.281. The first kappa shape index (κ1) is 15.6. The Balaban J connectivity index is 2.13. The fourth-order valence-electron chi connectivity index (χ4n) is 1.65. The lowest BCUT2D eigenvalue weighted by Gasteiger charge is -2.15. The van der Waals surface area contributed by atoms with Gasteiger partial charge in [-0.2, -0.15) is 0 Å². The molecule has 1 aromatic heterocycles. The summed E-state index contributed by atoms with van der Waals surface area (Å²) in [4.78, 5) is 4.13. The minimum Gasteiger partial charge on any atom is -0.404 e. The molecule has 0 fully saturated rings. The van der Waals surface area contributed by atoms with E-state index in [1.807, 2.05) is 19.1 Å². The highest BCUT2D eigenvalue weighted by Crippen LogP contribution is 2.33. The minimum absolute atomic E-state index is 0.260. The SMILES string of the molecule is Cc1ccc(CNc2ccc(Br)cc2OC(F)(F)F)cn1. The van der Waals surface area contributed by atoms with Gasteiger partial charge in [0.05, 0.1) is 5.69 Å². The van der Waals surface area contributed by atoms with E-state index >= 15 is 0 Å². The van der Waals surface area contributed by atoms with Crippen molar-refractivity contribution in [2.24, 2.45) is 0 Å². The van der Waals surface area contributed by atoms with Crippen LogP contribution in [-0.2, 0) is 6.54 Å². The van der Waals surface area contributed by atoms with E-state index in [0.29, 0.717) is 11.0 Å². The summed E-state index contributed by atoms with van der Waals surface area (Å²) in [6, 6.07) is 8.12. The average Bonchev–Trinajstić information content (AvgIpc) is 2.38. The minimum atomic E-state index is -4.73. The van der Waals surface area contributed by atoms with Crippen LogP contribution < -0.4 is 10.1 Å². The van der Waals surface area contributed by atoms with Crippen LogP contribution in [0, 0.1) is 6.92 Å². The Labute approximate surface area is 128 Å². The van der Waals surface area contributed by atoms with Crippen LogP contribution in [0.25, 0.3) is 0 Å². The lowest BCUT2D eigenvalue weighted by Crippen LogP contribution is -2.18. The maximum Gasteiger partial charge on any atom is 0.573 e. The number of nitrogens with one attached hydrogen (secondary N) is 1. The number of anilines is 1. The highest BCUT2D eigenvalue weighted by atomic mass is 79.9. The second kappa shape index (κ2) is 6.34. The molecule has 0 atom stereocenters. The molecule has 0 radical (unpaired) electrons. The fraction of sp³-hybridized carbons (Fsp3) is 0.214. The van der Waals surface area contributed by atoms with Gasteiger partial charge >= 0.3 is 6.36 Å². The van der Waals surface area contributed by atoms with Gasteiger partial charge in [-0.25, -0.2) is 0 Å². The van der Waals surface area contributed by atoms with Crippen molar-refractivity contribution in [1.82, 2.24) is 4.98 Å². The van der Waals surface area contributed by atoms with Gasteiger partial charge in [-0.3, -0.25) is 4.98 Å². The van der Waals surface area contributed by atoms with Gasteiger partial charge in [0.25, 0.3) is 0 Å². The number of pyridine rings is 1. The zero-order valence-corrected chi connectivity index (χ0v) is 12.6. The van der Waals surface area contributed by atoms with Crippen LogP contribution >= 0.6 is 15.9 Å². The molecule has 0 saturated heterocycles. The summed E-state index contributed by atoms with van der Waals surface area (Å²) in [6.45, 7) is 2.21. The van der Waals surface area contributed by atoms with Gasteiger partial charge in [0.15, 0.2) is 5.75 Å². The Hall–Kier alpha value is -1.76. The summed E-state index contributed by atoms with van der Waals surface area (Å²) in [6.07, 6.45) is -3.06. The normalized spacial score (nSPS) is 11.3. The van der Waals surface area contributed by atoms with Gasteiger partial charge < -0.3 is 10.1 Å². The standard InChI is InChI=1S/C14H12BrF3N2O/c1-9-2-3-10(7-19-9)8-20-12-5-4-11(15)6-13(12)21-14(16,17)18/h2-7,20H,8H2,1H3. The summed E-state index contributed by atoms with van der Waals surface area (Å²) >= 11 is 3.12. The average molecular weight is 361 g/mol. The zero-order chi connectivity index (χ0) is 15.5. The van der Waals surface area contributed by atoms with Crippen molar-refractivity contribution in [2.45, 2.75) is 19.8 Å². The van der Waals surface area contributed by atoms with E-state index in [4.69, 9.17) is 0 Å². The Morgan fingerprint density at radius 3 is 2.62 bits per heavy atom. The van der Waals surface area contributed by atoms with Crippen molar-refractivity contribution in [2.75, 3.05) is 5.32 Å². The van der Waals surface area contributed by atoms with Crippen LogP contribution in [0.15, 0.2) is 41.0 Å². The van der Waals surface area contributed by atoms with E-state index in [0.717, 1.165) is 11.3 Å². The van der Waals surface area contributed by atoms with Crippen molar-refractivity contribution >= 4 is 21.6 Å². The van der Waals surface area contributed by atoms with E-state index in [2.05, 4.69) is 31.0 Å². The van der Waals surface area contributed by atoms with Crippen LogP contribution in [0.5, 0.6) is 5.75 Å². The van der Waals surface area contributed by atoms with E-state index in [-0.39, 0.29) is 11.4 Å². The van der Waals surface area contributed by atoms with Crippen LogP contribution in [0.2, 0.25) is 0 Å². The summed E-state index contributed by atoms with van der Waals surface area (Å²) < 4.78 is 41.7. The smallest absolute Gasteiger partial charge is 0.404 e. The molecule has 0 unspecified atom stereocenters. The predicted octanol–water partition coefficient (Wildman–Crippen LogP) is 4.66. The molecule has 3 nitrogen and oxygen atoms in total. The van der Waals surface area contributed by atoms with Crippen molar-refractivity contribution in [3.63, 3.8) is 0 Å². The molecule has 1 N–H and O–H groups in total. The van der Waals surface area contributed by atoms with Crippen LogP contribution in [0.4, 0.5) is 18.9 Å². The number of hydrogen-bond acceptors (Lipinski definition) is 3. The second-order valence-electron chi connectivity index (χ2n) is 4.35. The molecule has 1 heterocycles. The molecule has 1 aromatic carbocycles. The third-order valence-electron chi connectivity index (χ3n) is 2.62. The third-order valence-corrected chi connectivity index (χ3v) is 3.12. The van der Waals surface area contributed by atoms with Crippen molar-refractivity contribution in [1.29, 1.82) is 0 Å². The molecule has 0 aliphatic heterocycles. The molecule has 0 spiro atoms. The number of aromatic nitrogens is 1. The maximum absolute atomic E-state index is 12.4. The topological polar surface area (TPSA) is 34.1 Å². The molecular formula is C14H12BrF3N2O. The molecule has 2 rings (SSSR count). The summed E-state index contributed by atoms with van der Waals surface area (Å²) in [5, 5.41) is 2.91. The molecule has 0 aliphatic carbocycles. The fourth-order valence-corrected chi connectivity index (χ4v) is 1.99. The second-order valence-corrected chi connectivity index (χ2v) is 5.27. The molecule has 7 heteroatoms. The Kier molecular flexibility index (Phi) is 4.72. The number of aryl methyl sites for hydroxylation is 1. The van der Waals surface area contributed by atoms with Gasteiger partial charge in [-0.1, -0.05) is 22.0 Å². The third kappa shape index (κ3) is 4.93. The van der Waals surface area contributed by atoms with E-state index < -0.39 is 6.36 Å². The number of nitrogens with zero attached hydrogens (tertiary/aromatic N) is 1. The number of benzene rings is 1. The number of alkyl halides is 3. The first-order chi connectivity index (χ1) is 9.83. The summed E-state index contributed by atoms with van der Waals surface area (Å²) in [7, 11) is 0. The maximum atomic E-state index is 12.4. The van der Waals surface area contributed by atoms with Gasteiger partial charge in [0.2, 0.25) is 0 Å². The Morgan fingerprint density at radius 2 is 2.00 bits per heavy atom. The van der Waals surface area contributed by atoms with Gasteiger partial charge in [-0.15, -0.1) is 13.2 Å². The first-order valence-electron chi connectivity index (χ1n) is 6.04. The molecule has 0 aliphatic rings. The van der Waals surface area contributed by atoms with E-state index in [1.165, 1.54) is 12.1 Å². The van der Waals surface area contributed by atoms with Gasteiger partial charge in [0, 0.05) is 22.9 Å². The van der Waals surface area contributed by atoms with Crippen molar-refractivity contribution in [3.8, 4) is 5.75 Å². The highest BCUT2D eigenvalue weighted by molar-refractivity contribution is 9.10. The number of rotatable bonds is 4. The lowest BCUT2D eigenvalue weighted by atomic mass is 10.2. The molecule has 112 valence electrons. The molecule has 0 amide bonds. The predicted molar refractivity (Wildman–Crippen MR) is 77.1 cm³/mol. The zero-order valence-electron chi connectivity index (χ0n) is 11.0. The van der Waals surface area contributed by atoms with Crippen LogP contribution in [0.3, 0.4) is 0 Å². The van der Waals surface area contributed by atoms with Gasteiger partial charge in [0.1, 0.15) is 0 Å². The molecule has 0 saturated carbocycles. The van der Waals surface area contributed by atoms with E-state index in [9.17, 15) is 13.2 Å². The van der Waals surface area contributed by atoms with Crippen LogP contribution in [-0.4, -0.2) is 11.3 Å². The van der Waals surface area contributed by atoms with E-state index in [1.54, 1.807) is 12.3 Å². The molecular weight excluding hydrogens is 349 g/mol. The van der Waals surface area contributed by atoms with Gasteiger partial charge in [-0.05, 0) is 36.8 Å². The quantitative estimate of drug-likeness (QED) is 0.860. The number of ether oxygens (including phenoxy) is 1. The molecule has 0 bridgehead atoms. The van der Waals surface area contributed by atoms with Crippen molar-refractivity contribution in [3.05, 3.63) is 52.3 Å². The number of hydrogen-bond donors (Lipinski definition) is 1. The van der Waals surface area contributed by atoms with Crippen LogP contribution in [0.1, 0.15) is 11.3 Å². The monoisotopic (exact) mass is 360 g/mol. The Morgan fingerprint density at radius 1 is 1.24 bits per heavy atom. The largest absolute Gasteiger partial charge is 0.573 e. The molecule has 21 heavy (non-hydrogen) atoms. The Bertz CT molecular complexity index is 615. The lowest BCUT2D eigenvalue weighted by molar-refractivity contribution is -0.274.